The van der Waals surface area contributed by atoms with Gasteiger partial charge in [0.1, 0.15) is 15.0 Å². The maximum atomic E-state index is 4.35. The lowest BCUT2D eigenvalue weighted by atomic mass is 10.1. The van der Waals surface area contributed by atoms with E-state index >= 15 is 0 Å². The summed E-state index contributed by atoms with van der Waals surface area (Å²) in [6, 6.07) is 0.313. The fourth-order valence-electron chi connectivity index (χ4n) is 1.22. The summed E-state index contributed by atoms with van der Waals surface area (Å²) in [7, 11) is 1.95. The third-order valence-electron chi connectivity index (χ3n) is 1.89. The van der Waals surface area contributed by atoms with Crippen LogP contribution in [0, 0.1) is 0 Å². The first-order chi connectivity index (χ1) is 6.19. The van der Waals surface area contributed by atoms with Gasteiger partial charge in [-0.3, -0.25) is 0 Å². The summed E-state index contributed by atoms with van der Waals surface area (Å²) in [6.07, 6.45) is 2.23. The Morgan fingerprint density at radius 1 is 1.54 bits per heavy atom. The molecule has 0 aliphatic carbocycles. The monoisotopic (exact) mass is 309 g/mol. The van der Waals surface area contributed by atoms with Crippen LogP contribution in [0.1, 0.15) is 31.6 Å². The summed E-state index contributed by atoms with van der Waals surface area (Å²) in [5.74, 6) is 0.975. The van der Waals surface area contributed by atoms with E-state index in [4.69, 9.17) is 0 Å². The van der Waals surface area contributed by atoms with Crippen LogP contribution >= 0.6 is 31.9 Å². The highest BCUT2D eigenvalue weighted by Gasteiger charge is 2.13. The summed E-state index contributed by atoms with van der Waals surface area (Å²) in [6.45, 7) is 2.16. The molecular weight excluding hydrogens is 298 g/mol. The summed E-state index contributed by atoms with van der Waals surface area (Å²) in [4.78, 5) is 7.53. The summed E-state index contributed by atoms with van der Waals surface area (Å²) in [5.41, 5.74) is 0. The Labute approximate surface area is 95.0 Å². The zero-order valence-electron chi connectivity index (χ0n) is 7.69. The Morgan fingerprint density at radius 3 is 2.62 bits per heavy atom. The molecule has 0 amide bonds. The van der Waals surface area contributed by atoms with E-state index in [0.29, 0.717) is 6.04 Å². The van der Waals surface area contributed by atoms with Crippen LogP contribution in [0.15, 0.2) is 9.21 Å². The molecule has 0 saturated heterocycles. The minimum absolute atomic E-state index is 0.313. The van der Waals surface area contributed by atoms with Crippen molar-refractivity contribution < 1.29 is 0 Å². The lowest BCUT2D eigenvalue weighted by Gasteiger charge is -2.11. The third kappa shape index (κ3) is 2.79. The fraction of sp³-hybridized carbons (Fsp3) is 0.625. The van der Waals surface area contributed by atoms with Crippen molar-refractivity contribution in [2.24, 2.45) is 0 Å². The van der Waals surface area contributed by atoms with E-state index in [9.17, 15) is 0 Å². The number of H-pyrrole nitrogens is 1. The molecule has 0 fully saturated rings. The molecule has 74 valence electrons. The minimum atomic E-state index is 0.313. The summed E-state index contributed by atoms with van der Waals surface area (Å²) >= 11 is 6.72. The molecule has 13 heavy (non-hydrogen) atoms. The van der Waals surface area contributed by atoms with Gasteiger partial charge in [-0.1, -0.05) is 13.3 Å². The first-order valence-corrected chi connectivity index (χ1v) is 5.85. The van der Waals surface area contributed by atoms with Crippen LogP contribution in [0.5, 0.6) is 0 Å². The lowest BCUT2D eigenvalue weighted by Crippen LogP contribution is -2.17. The van der Waals surface area contributed by atoms with Crippen LogP contribution in [0.4, 0.5) is 0 Å². The van der Waals surface area contributed by atoms with Crippen molar-refractivity contribution in [3.63, 3.8) is 0 Å². The lowest BCUT2D eigenvalue weighted by molar-refractivity contribution is 0.517. The molecule has 1 atom stereocenters. The highest BCUT2D eigenvalue weighted by Crippen LogP contribution is 2.24. The largest absolute Gasteiger partial charge is 0.334 e. The fourth-order valence-corrected chi connectivity index (χ4v) is 1.80. The molecule has 1 rings (SSSR count). The molecule has 3 nitrogen and oxygen atoms in total. The van der Waals surface area contributed by atoms with E-state index in [1.807, 2.05) is 7.05 Å². The van der Waals surface area contributed by atoms with Crippen LogP contribution in [0.3, 0.4) is 0 Å². The van der Waals surface area contributed by atoms with E-state index in [-0.39, 0.29) is 0 Å². The van der Waals surface area contributed by atoms with Crippen molar-refractivity contribution in [2.45, 2.75) is 25.8 Å². The topological polar surface area (TPSA) is 40.7 Å². The van der Waals surface area contributed by atoms with Crippen LogP contribution in [0.25, 0.3) is 0 Å². The molecule has 1 heterocycles. The van der Waals surface area contributed by atoms with Crippen LogP contribution in [-0.4, -0.2) is 17.0 Å². The normalized spacial score (nSPS) is 13.2. The first-order valence-electron chi connectivity index (χ1n) is 4.27. The number of halogens is 2. The Morgan fingerprint density at radius 2 is 2.23 bits per heavy atom. The number of aromatic nitrogens is 2. The van der Waals surface area contributed by atoms with Gasteiger partial charge < -0.3 is 10.3 Å². The summed E-state index contributed by atoms with van der Waals surface area (Å²) < 4.78 is 1.73. The van der Waals surface area contributed by atoms with Gasteiger partial charge in [0, 0.05) is 0 Å². The molecule has 0 aromatic carbocycles. The molecule has 0 saturated carbocycles. The van der Waals surface area contributed by atoms with Crippen molar-refractivity contribution in [3.05, 3.63) is 15.0 Å². The van der Waals surface area contributed by atoms with Gasteiger partial charge in [-0.05, 0) is 45.3 Å². The quantitative estimate of drug-likeness (QED) is 0.897. The van der Waals surface area contributed by atoms with Crippen LogP contribution in [-0.2, 0) is 0 Å². The van der Waals surface area contributed by atoms with Crippen LogP contribution < -0.4 is 5.32 Å². The molecule has 1 unspecified atom stereocenters. The molecule has 5 heteroatoms. The molecule has 0 spiro atoms. The molecular formula is C8H13Br2N3. The number of hydrogen-bond acceptors (Lipinski definition) is 2. The van der Waals surface area contributed by atoms with Gasteiger partial charge in [0.05, 0.1) is 6.04 Å². The van der Waals surface area contributed by atoms with Gasteiger partial charge >= 0.3 is 0 Å². The molecule has 0 radical (unpaired) electrons. The van der Waals surface area contributed by atoms with Crippen molar-refractivity contribution in [1.82, 2.24) is 15.3 Å². The average Bonchev–Trinajstić information content (AvgIpc) is 2.43. The van der Waals surface area contributed by atoms with Crippen LogP contribution in [0.2, 0.25) is 0 Å². The van der Waals surface area contributed by atoms with Gasteiger partial charge in [-0.25, -0.2) is 4.98 Å². The minimum Gasteiger partial charge on any atom is -0.334 e. The van der Waals surface area contributed by atoms with E-state index < -0.39 is 0 Å². The smallest absolute Gasteiger partial charge is 0.138 e. The number of rotatable bonds is 4. The molecule has 1 aromatic heterocycles. The SMILES string of the molecule is CCCC(NC)c1nc(Br)c(Br)[nH]1. The standard InChI is InChI=1S/C8H13Br2N3/c1-3-4-5(11-2)8-12-6(9)7(10)13-8/h5,11H,3-4H2,1-2H3,(H,12,13). The zero-order valence-corrected chi connectivity index (χ0v) is 10.9. The predicted molar refractivity (Wildman–Crippen MR) is 60.7 cm³/mol. The molecule has 1 aromatic rings. The molecule has 2 N–H and O–H groups in total. The Balaban J connectivity index is 2.78. The Hall–Kier alpha value is 0.130. The van der Waals surface area contributed by atoms with Gasteiger partial charge in [0.2, 0.25) is 0 Å². The summed E-state index contributed by atoms with van der Waals surface area (Å²) in [5, 5.41) is 3.22. The average molecular weight is 311 g/mol. The maximum absolute atomic E-state index is 4.35. The second-order valence-electron chi connectivity index (χ2n) is 2.86. The number of aromatic amines is 1. The number of hydrogen-bond donors (Lipinski definition) is 2. The van der Waals surface area contributed by atoms with Gasteiger partial charge in [-0.15, -0.1) is 0 Å². The zero-order chi connectivity index (χ0) is 9.84. The molecule has 0 aliphatic rings. The first kappa shape index (κ1) is 11.2. The number of imidazole rings is 1. The number of nitrogens with zero attached hydrogens (tertiary/aromatic N) is 1. The molecule has 0 aliphatic heterocycles. The number of nitrogens with one attached hydrogen (secondary N) is 2. The third-order valence-corrected chi connectivity index (χ3v) is 3.57. The van der Waals surface area contributed by atoms with Gasteiger partial charge in [0.25, 0.3) is 0 Å². The van der Waals surface area contributed by atoms with E-state index in [1.165, 1.54) is 0 Å². The van der Waals surface area contributed by atoms with Gasteiger partial charge in [-0.2, -0.15) is 0 Å². The highest BCUT2D eigenvalue weighted by atomic mass is 79.9. The highest BCUT2D eigenvalue weighted by molar-refractivity contribution is 9.13. The van der Waals surface area contributed by atoms with E-state index in [0.717, 1.165) is 27.9 Å². The maximum Gasteiger partial charge on any atom is 0.138 e. The van der Waals surface area contributed by atoms with E-state index in [1.54, 1.807) is 0 Å². The van der Waals surface area contributed by atoms with Crippen molar-refractivity contribution in [1.29, 1.82) is 0 Å². The Kier molecular flexibility index (Phi) is 4.41. The van der Waals surface area contributed by atoms with E-state index in [2.05, 4.69) is 54.1 Å². The Bertz CT molecular complexity index is 253. The second-order valence-corrected chi connectivity index (χ2v) is 4.40. The molecule has 0 bridgehead atoms. The van der Waals surface area contributed by atoms with Crippen molar-refractivity contribution >= 4 is 31.9 Å². The van der Waals surface area contributed by atoms with Crippen molar-refractivity contribution in [3.8, 4) is 0 Å². The second kappa shape index (κ2) is 5.12. The predicted octanol–water partition coefficient (Wildman–Crippen LogP) is 3.00. The van der Waals surface area contributed by atoms with Crippen molar-refractivity contribution in [2.75, 3.05) is 7.05 Å². The van der Waals surface area contributed by atoms with Gasteiger partial charge in [0.15, 0.2) is 0 Å².